The molecule has 3 nitrogen and oxygen atoms in total. The summed E-state index contributed by atoms with van der Waals surface area (Å²) in [4.78, 5) is 0. The van der Waals surface area contributed by atoms with Crippen molar-refractivity contribution in [2.45, 2.75) is 38.1 Å². The Labute approximate surface area is 109 Å². The first kappa shape index (κ1) is 11.4. The van der Waals surface area contributed by atoms with Crippen molar-refractivity contribution in [3.63, 3.8) is 0 Å². The Kier molecular flexibility index (Phi) is 2.60. The molecule has 0 unspecified atom stereocenters. The molecule has 92 valence electrons. The average molecular weight is 298 g/mol. The highest BCUT2D eigenvalue weighted by atomic mass is 79.9. The van der Waals surface area contributed by atoms with E-state index in [0.717, 1.165) is 28.8 Å². The van der Waals surface area contributed by atoms with Crippen LogP contribution in [0, 0.1) is 6.92 Å². The lowest BCUT2D eigenvalue weighted by molar-refractivity contribution is 0.173. The van der Waals surface area contributed by atoms with E-state index in [0.29, 0.717) is 6.79 Å². The molecule has 1 aromatic carbocycles. The van der Waals surface area contributed by atoms with Crippen LogP contribution in [-0.2, 0) is 5.54 Å². The molecule has 0 amide bonds. The van der Waals surface area contributed by atoms with Crippen LogP contribution in [0.2, 0.25) is 0 Å². The van der Waals surface area contributed by atoms with Gasteiger partial charge in [-0.3, -0.25) is 0 Å². The van der Waals surface area contributed by atoms with Crippen LogP contribution in [0.4, 0.5) is 0 Å². The van der Waals surface area contributed by atoms with Crippen molar-refractivity contribution in [3.8, 4) is 11.5 Å². The van der Waals surface area contributed by atoms with E-state index in [1.165, 1.54) is 24.0 Å². The minimum Gasteiger partial charge on any atom is -0.454 e. The topological polar surface area (TPSA) is 44.5 Å². The summed E-state index contributed by atoms with van der Waals surface area (Å²) >= 11 is 3.59. The van der Waals surface area contributed by atoms with Crippen LogP contribution in [0.3, 0.4) is 0 Å². The van der Waals surface area contributed by atoms with E-state index >= 15 is 0 Å². The van der Waals surface area contributed by atoms with Gasteiger partial charge in [-0.15, -0.1) is 0 Å². The number of rotatable bonds is 1. The number of hydrogen-bond donors (Lipinski definition) is 1. The molecule has 1 saturated carbocycles. The SMILES string of the molecule is Cc1c(C2(N)CCCC2)cc2c(c1Br)OCO2. The third-order valence-electron chi connectivity index (χ3n) is 3.88. The lowest BCUT2D eigenvalue weighted by Crippen LogP contribution is -2.34. The second-order valence-electron chi connectivity index (χ2n) is 4.96. The van der Waals surface area contributed by atoms with Crippen LogP contribution in [0.5, 0.6) is 11.5 Å². The Morgan fingerprint density at radius 3 is 2.71 bits per heavy atom. The van der Waals surface area contributed by atoms with Crippen LogP contribution in [0.1, 0.15) is 36.8 Å². The molecule has 0 bridgehead atoms. The first-order chi connectivity index (χ1) is 8.12. The van der Waals surface area contributed by atoms with Crippen LogP contribution in [-0.4, -0.2) is 6.79 Å². The lowest BCUT2D eigenvalue weighted by Gasteiger charge is -2.27. The van der Waals surface area contributed by atoms with Crippen molar-refractivity contribution in [1.82, 2.24) is 0 Å². The molecule has 1 fully saturated rings. The molecule has 17 heavy (non-hydrogen) atoms. The van der Waals surface area contributed by atoms with Crippen molar-refractivity contribution < 1.29 is 9.47 Å². The second-order valence-corrected chi connectivity index (χ2v) is 5.75. The molecular formula is C13H16BrNO2. The van der Waals surface area contributed by atoms with E-state index in [-0.39, 0.29) is 5.54 Å². The van der Waals surface area contributed by atoms with Crippen LogP contribution >= 0.6 is 15.9 Å². The fraction of sp³-hybridized carbons (Fsp3) is 0.538. The zero-order valence-electron chi connectivity index (χ0n) is 9.88. The quantitative estimate of drug-likeness (QED) is 0.866. The molecule has 0 atom stereocenters. The third-order valence-corrected chi connectivity index (χ3v) is 4.84. The van der Waals surface area contributed by atoms with Gasteiger partial charge in [0.05, 0.1) is 4.47 Å². The molecule has 1 heterocycles. The van der Waals surface area contributed by atoms with E-state index in [1.54, 1.807) is 0 Å². The Morgan fingerprint density at radius 2 is 2.00 bits per heavy atom. The molecule has 0 spiro atoms. The standard InChI is InChI=1S/C13H16BrNO2/c1-8-9(13(15)4-2-3-5-13)6-10-12(11(8)14)17-7-16-10/h6H,2-5,7,15H2,1H3. The van der Waals surface area contributed by atoms with Crippen LogP contribution < -0.4 is 15.2 Å². The molecule has 0 aromatic heterocycles. The summed E-state index contributed by atoms with van der Waals surface area (Å²) in [6, 6.07) is 2.06. The summed E-state index contributed by atoms with van der Waals surface area (Å²) in [5.74, 6) is 1.63. The van der Waals surface area contributed by atoms with Crippen molar-refractivity contribution >= 4 is 15.9 Å². The lowest BCUT2D eigenvalue weighted by atomic mass is 9.86. The minimum absolute atomic E-state index is 0.187. The number of fused-ring (bicyclic) bond motifs is 1. The summed E-state index contributed by atoms with van der Waals surface area (Å²) < 4.78 is 11.9. The Morgan fingerprint density at radius 1 is 1.29 bits per heavy atom. The summed E-state index contributed by atoms with van der Waals surface area (Å²) in [5.41, 5.74) is 8.72. The van der Waals surface area contributed by atoms with Crippen molar-refractivity contribution in [2.24, 2.45) is 5.73 Å². The first-order valence-corrected chi connectivity index (χ1v) is 6.79. The highest BCUT2D eigenvalue weighted by Crippen LogP contribution is 2.47. The van der Waals surface area contributed by atoms with Crippen molar-refractivity contribution in [3.05, 3.63) is 21.7 Å². The van der Waals surface area contributed by atoms with Gasteiger partial charge in [-0.1, -0.05) is 12.8 Å². The molecule has 3 rings (SSSR count). The second kappa shape index (κ2) is 3.89. The van der Waals surface area contributed by atoms with Gasteiger partial charge in [-0.05, 0) is 52.9 Å². The normalized spacial score (nSPS) is 20.9. The summed E-state index contributed by atoms with van der Waals surface area (Å²) in [6.07, 6.45) is 4.53. The predicted molar refractivity (Wildman–Crippen MR) is 69.3 cm³/mol. The van der Waals surface area contributed by atoms with E-state index in [1.807, 2.05) is 0 Å². The van der Waals surface area contributed by atoms with Gasteiger partial charge in [-0.2, -0.15) is 0 Å². The van der Waals surface area contributed by atoms with E-state index in [2.05, 4.69) is 28.9 Å². The molecule has 2 N–H and O–H groups in total. The molecule has 2 aliphatic rings. The zero-order chi connectivity index (χ0) is 12.0. The van der Waals surface area contributed by atoms with Crippen molar-refractivity contribution in [1.29, 1.82) is 0 Å². The zero-order valence-corrected chi connectivity index (χ0v) is 11.5. The van der Waals surface area contributed by atoms with Gasteiger partial charge in [0, 0.05) is 5.54 Å². The molecule has 1 aromatic rings. The fourth-order valence-corrected chi connectivity index (χ4v) is 3.41. The van der Waals surface area contributed by atoms with Gasteiger partial charge in [0.2, 0.25) is 6.79 Å². The van der Waals surface area contributed by atoms with E-state index in [9.17, 15) is 0 Å². The maximum Gasteiger partial charge on any atom is 0.231 e. The van der Waals surface area contributed by atoms with Gasteiger partial charge in [-0.25, -0.2) is 0 Å². The summed E-state index contributed by atoms with van der Waals surface area (Å²) in [7, 11) is 0. The van der Waals surface area contributed by atoms with Gasteiger partial charge in [0.1, 0.15) is 0 Å². The predicted octanol–water partition coefficient (Wildman–Crippen LogP) is 3.21. The van der Waals surface area contributed by atoms with Gasteiger partial charge < -0.3 is 15.2 Å². The number of ether oxygens (including phenoxy) is 2. The maximum atomic E-state index is 6.53. The number of halogens is 1. The number of nitrogens with two attached hydrogens (primary N) is 1. The molecule has 1 aliphatic carbocycles. The monoisotopic (exact) mass is 297 g/mol. The smallest absolute Gasteiger partial charge is 0.231 e. The van der Waals surface area contributed by atoms with Crippen LogP contribution in [0.15, 0.2) is 10.5 Å². The highest BCUT2D eigenvalue weighted by molar-refractivity contribution is 9.10. The minimum atomic E-state index is -0.187. The number of hydrogen-bond acceptors (Lipinski definition) is 3. The molecule has 0 radical (unpaired) electrons. The van der Waals surface area contributed by atoms with E-state index in [4.69, 9.17) is 15.2 Å². The van der Waals surface area contributed by atoms with Gasteiger partial charge in [0.25, 0.3) is 0 Å². The Hall–Kier alpha value is -0.740. The Bertz CT molecular complexity index is 467. The summed E-state index contributed by atoms with van der Waals surface area (Å²) in [5, 5.41) is 0. The molecular weight excluding hydrogens is 282 g/mol. The molecule has 1 aliphatic heterocycles. The first-order valence-electron chi connectivity index (χ1n) is 6.00. The Balaban J connectivity index is 2.14. The average Bonchev–Trinajstić information content (AvgIpc) is 2.92. The number of benzene rings is 1. The van der Waals surface area contributed by atoms with Gasteiger partial charge >= 0.3 is 0 Å². The van der Waals surface area contributed by atoms with Crippen molar-refractivity contribution in [2.75, 3.05) is 6.79 Å². The largest absolute Gasteiger partial charge is 0.454 e. The third kappa shape index (κ3) is 1.66. The molecule has 4 heteroatoms. The van der Waals surface area contributed by atoms with E-state index < -0.39 is 0 Å². The van der Waals surface area contributed by atoms with Crippen LogP contribution in [0.25, 0.3) is 0 Å². The maximum absolute atomic E-state index is 6.53. The summed E-state index contributed by atoms with van der Waals surface area (Å²) in [6.45, 7) is 2.39. The fourth-order valence-electron chi connectivity index (χ4n) is 2.89. The van der Waals surface area contributed by atoms with Gasteiger partial charge in [0.15, 0.2) is 11.5 Å². The highest BCUT2D eigenvalue weighted by Gasteiger charge is 2.35. The molecule has 0 saturated heterocycles.